The first kappa shape index (κ1) is 15.9. The molecule has 0 amide bonds. The number of rotatable bonds is 0. The van der Waals surface area contributed by atoms with E-state index in [9.17, 15) is 0 Å². The molecular weight excluding hydrogens is 299 g/mol. The zero-order valence-electron chi connectivity index (χ0n) is 2.19. The molecule has 0 N–H and O–H groups in total. The Balaban J connectivity index is -0.00000000500. The van der Waals surface area contributed by atoms with Crippen LogP contribution in [0.5, 0.6) is 0 Å². The SMILES string of the molecule is [Al].[Ba].[O]=[Sn]. The summed E-state index contributed by atoms with van der Waals surface area (Å²) in [5, 5.41) is 0. The third-order valence-corrected chi connectivity index (χ3v) is 0. The molecule has 7 radical (unpaired) electrons. The van der Waals surface area contributed by atoms with Crippen LogP contribution in [0.15, 0.2) is 0 Å². The summed E-state index contributed by atoms with van der Waals surface area (Å²) in [7, 11) is 0. The molecule has 0 atom stereocenters. The molecule has 0 aliphatic carbocycles. The normalized spacial score (nSPS) is 1.00. The molecule has 15 valence electrons. The van der Waals surface area contributed by atoms with Crippen molar-refractivity contribution in [2.24, 2.45) is 0 Å². The number of hydrogen-bond donors (Lipinski definition) is 0. The second kappa shape index (κ2) is 17.3. The van der Waals surface area contributed by atoms with Crippen molar-refractivity contribution in [3.63, 3.8) is 0 Å². The molecule has 0 unspecified atom stereocenters. The molecule has 0 fully saturated rings. The zero-order valence-corrected chi connectivity index (χ0v) is 10.6. The monoisotopic (exact) mass is 301 g/mol. The molecule has 0 saturated heterocycles. The minimum atomic E-state index is 0. The van der Waals surface area contributed by atoms with Gasteiger partial charge in [0, 0.05) is 66.2 Å². The Morgan fingerprint density at radius 1 is 1.25 bits per heavy atom. The first-order valence-corrected chi connectivity index (χ1v) is 1.37. The summed E-state index contributed by atoms with van der Waals surface area (Å²) in [5.41, 5.74) is 0. The van der Waals surface area contributed by atoms with Crippen LogP contribution in [-0.4, -0.2) is 88.8 Å². The Labute approximate surface area is 89.6 Å². The van der Waals surface area contributed by atoms with Crippen LogP contribution < -0.4 is 0 Å². The second-order valence-electron chi connectivity index (χ2n) is 0. The molecule has 0 bridgehead atoms. The van der Waals surface area contributed by atoms with Gasteiger partial charge in [-0.2, -0.15) is 0 Å². The third kappa shape index (κ3) is 8.83. The molecule has 0 spiro atoms. The van der Waals surface area contributed by atoms with Gasteiger partial charge in [0.1, 0.15) is 0 Å². The Morgan fingerprint density at radius 3 is 1.25 bits per heavy atom. The van der Waals surface area contributed by atoms with Gasteiger partial charge in [-0.15, -0.1) is 0 Å². The first-order chi connectivity index (χ1) is 1.00. The molecule has 4 heavy (non-hydrogen) atoms. The summed E-state index contributed by atoms with van der Waals surface area (Å²) in [6.07, 6.45) is 0. The van der Waals surface area contributed by atoms with Gasteiger partial charge in [0.05, 0.1) is 0 Å². The van der Waals surface area contributed by atoms with E-state index in [4.69, 9.17) is 3.08 Å². The van der Waals surface area contributed by atoms with E-state index in [2.05, 4.69) is 0 Å². The summed E-state index contributed by atoms with van der Waals surface area (Å²) in [6.45, 7) is 0. The van der Waals surface area contributed by atoms with Gasteiger partial charge in [0.15, 0.2) is 0 Å². The zero-order chi connectivity index (χ0) is 2.00. The summed E-state index contributed by atoms with van der Waals surface area (Å²) in [5.74, 6) is 0. The Kier molecular flexibility index (Phi) is 68.6. The molecule has 0 aromatic rings. The summed E-state index contributed by atoms with van der Waals surface area (Å²) in [4.78, 5) is 0. The average Bonchev–Trinajstić information content (AvgIpc) is 1.00. The van der Waals surface area contributed by atoms with Crippen LogP contribution in [0.3, 0.4) is 0 Å². The van der Waals surface area contributed by atoms with E-state index in [1.165, 1.54) is 0 Å². The van der Waals surface area contributed by atoms with Crippen molar-refractivity contribution in [1.29, 1.82) is 0 Å². The van der Waals surface area contributed by atoms with E-state index < -0.39 is 0 Å². The molecular formula is AlBaOSn. The Morgan fingerprint density at radius 2 is 1.25 bits per heavy atom. The standard InChI is InChI=1S/Al.Ba.O.Sn. The van der Waals surface area contributed by atoms with Gasteiger partial charge in [-0.1, -0.05) is 0 Å². The fraction of sp³-hybridized carbons (Fsp3) is 0. The topological polar surface area (TPSA) is 17.1 Å². The van der Waals surface area contributed by atoms with Gasteiger partial charge in [0.25, 0.3) is 0 Å². The molecule has 0 heterocycles. The van der Waals surface area contributed by atoms with Crippen molar-refractivity contribution in [3.05, 3.63) is 0 Å². The van der Waals surface area contributed by atoms with E-state index in [1.54, 1.807) is 0 Å². The summed E-state index contributed by atoms with van der Waals surface area (Å²) < 4.78 is 8.34. The van der Waals surface area contributed by atoms with Crippen LogP contribution in [0.2, 0.25) is 0 Å². The molecule has 4 heteroatoms. The van der Waals surface area contributed by atoms with Crippen LogP contribution in [0.4, 0.5) is 0 Å². The molecule has 0 saturated carbocycles. The third-order valence-electron chi connectivity index (χ3n) is 0. The van der Waals surface area contributed by atoms with Crippen molar-refractivity contribution in [2.45, 2.75) is 0 Å². The van der Waals surface area contributed by atoms with Crippen molar-refractivity contribution >= 4 is 88.8 Å². The minimum absolute atomic E-state index is 0. The van der Waals surface area contributed by atoms with E-state index in [0.717, 1.165) is 0 Å². The van der Waals surface area contributed by atoms with Gasteiger partial charge in [0.2, 0.25) is 0 Å². The summed E-state index contributed by atoms with van der Waals surface area (Å²) >= 11 is 0.300. The van der Waals surface area contributed by atoms with Crippen molar-refractivity contribution in [2.75, 3.05) is 0 Å². The summed E-state index contributed by atoms with van der Waals surface area (Å²) in [6, 6.07) is 0. The fourth-order valence-corrected chi connectivity index (χ4v) is 0. The van der Waals surface area contributed by atoms with Crippen molar-refractivity contribution in [1.82, 2.24) is 0 Å². The van der Waals surface area contributed by atoms with Crippen molar-refractivity contribution < 1.29 is 3.08 Å². The van der Waals surface area contributed by atoms with E-state index in [-0.39, 0.29) is 66.2 Å². The molecule has 0 aromatic heterocycles. The van der Waals surface area contributed by atoms with Crippen LogP contribution in [-0.2, 0) is 3.08 Å². The second-order valence-corrected chi connectivity index (χ2v) is 0. The number of hydrogen-bond acceptors (Lipinski definition) is 1. The first-order valence-electron chi connectivity index (χ1n) is 0.204. The van der Waals surface area contributed by atoms with Gasteiger partial charge in [-0.25, -0.2) is 0 Å². The fourth-order valence-electron chi connectivity index (χ4n) is 0. The predicted octanol–water partition coefficient (Wildman–Crippen LogP) is -1.26. The maximum atomic E-state index is 8.34. The molecule has 0 aromatic carbocycles. The van der Waals surface area contributed by atoms with Gasteiger partial charge < -0.3 is 0 Å². The van der Waals surface area contributed by atoms with Gasteiger partial charge >= 0.3 is 25.6 Å². The van der Waals surface area contributed by atoms with Crippen LogP contribution in [0, 0.1) is 0 Å². The van der Waals surface area contributed by atoms with Crippen LogP contribution >= 0.6 is 0 Å². The Hall–Kier alpha value is 2.70. The molecule has 0 aliphatic heterocycles. The van der Waals surface area contributed by atoms with Crippen LogP contribution in [0.25, 0.3) is 0 Å². The molecule has 0 rings (SSSR count). The molecule has 0 aliphatic rings. The van der Waals surface area contributed by atoms with E-state index in [0.29, 0.717) is 22.5 Å². The quantitative estimate of drug-likeness (QED) is 0.510. The van der Waals surface area contributed by atoms with Crippen LogP contribution in [0.1, 0.15) is 0 Å². The van der Waals surface area contributed by atoms with Crippen molar-refractivity contribution in [3.8, 4) is 0 Å². The van der Waals surface area contributed by atoms with Gasteiger partial charge in [-0.3, -0.25) is 0 Å². The Bertz CT molecular complexity index is 8.00. The van der Waals surface area contributed by atoms with E-state index in [1.807, 2.05) is 0 Å². The average molecular weight is 299 g/mol. The predicted molar refractivity (Wildman–Crippen MR) is 17.9 cm³/mol. The maximum absolute atomic E-state index is 8.34. The van der Waals surface area contributed by atoms with Gasteiger partial charge in [-0.05, 0) is 0 Å². The molecule has 1 nitrogen and oxygen atoms in total. The van der Waals surface area contributed by atoms with E-state index >= 15 is 0 Å².